The van der Waals surface area contributed by atoms with Crippen molar-refractivity contribution in [2.24, 2.45) is 5.92 Å². The van der Waals surface area contributed by atoms with E-state index in [0.717, 1.165) is 5.92 Å². The molecule has 0 nitrogen and oxygen atoms in total. The van der Waals surface area contributed by atoms with Crippen LogP contribution in [-0.2, 0) is 0 Å². The molecule has 2 aliphatic rings. The second kappa shape index (κ2) is 1.50. The third-order valence-corrected chi connectivity index (χ3v) is 2.21. The Hall–Kier alpha value is -0.480. The van der Waals surface area contributed by atoms with Crippen molar-refractivity contribution in [3.63, 3.8) is 0 Å². The van der Waals surface area contributed by atoms with E-state index < -0.39 is 0 Å². The highest BCUT2D eigenvalue weighted by atomic mass is 14.3. The van der Waals surface area contributed by atoms with E-state index >= 15 is 0 Å². The monoisotopic (exact) mass is 106 g/mol. The Balaban J connectivity index is 2.06. The molecule has 0 amide bonds. The molecule has 1 saturated carbocycles. The summed E-state index contributed by atoms with van der Waals surface area (Å²) in [5.74, 6) is 0.958. The molecule has 0 saturated heterocycles. The molecule has 0 N–H and O–H groups in total. The van der Waals surface area contributed by atoms with Crippen LogP contribution in [0.5, 0.6) is 0 Å². The summed E-state index contributed by atoms with van der Waals surface area (Å²) in [4.78, 5) is 0. The van der Waals surface area contributed by atoms with Crippen LogP contribution in [0, 0.1) is 5.92 Å². The molecule has 1 fully saturated rings. The molecule has 0 spiro atoms. The topological polar surface area (TPSA) is 0 Å². The molecule has 0 unspecified atom stereocenters. The first kappa shape index (κ1) is 4.40. The van der Waals surface area contributed by atoms with Crippen molar-refractivity contribution < 1.29 is 0 Å². The van der Waals surface area contributed by atoms with E-state index in [1.807, 2.05) is 0 Å². The van der Waals surface area contributed by atoms with Gasteiger partial charge in [0, 0.05) is 6.42 Å². The lowest BCUT2D eigenvalue weighted by atomic mass is 9.77. The van der Waals surface area contributed by atoms with E-state index in [1.54, 1.807) is 5.57 Å². The highest BCUT2D eigenvalue weighted by Gasteiger charge is 2.22. The second-order valence-electron chi connectivity index (χ2n) is 2.71. The van der Waals surface area contributed by atoms with Crippen LogP contribution in [0.1, 0.15) is 25.7 Å². The summed E-state index contributed by atoms with van der Waals surface area (Å²) < 4.78 is 0. The predicted octanol–water partition coefficient (Wildman–Crippen LogP) is 2.27. The lowest BCUT2D eigenvalue weighted by molar-refractivity contribution is 0.361. The second-order valence-corrected chi connectivity index (χ2v) is 2.71. The fraction of sp³-hybridized carbons (Fsp3) is 0.625. The normalized spacial score (nSPS) is 26.2. The molecule has 0 radical (unpaired) electrons. The van der Waals surface area contributed by atoms with Crippen LogP contribution in [0.3, 0.4) is 0 Å². The summed E-state index contributed by atoms with van der Waals surface area (Å²) in [5.41, 5.74) is 4.83. The average Bonchev–Trinajstić information content (AvgIpc) is 1.47. The molecule has 0 aromatic carbocycles. The minimum Gasteiger partial charge on any atom is -0.125 e. The fourth-order valence-corrected chi connectivity index (χ4v) is 1.26. The Kier molecular flexibility index (Phi) is 0.824. The zero-order chi connectivity index (χ0) is 5.40. The lowest BCUT2D eigenvalue weighted by Crippen LogP contribution is -2.14. The van der Waals surface area contributed by atoms with Crippen LogP contribution >= 0.6 is 0 Å². The smallest absolute Gasteiger partial charge is 0.00164 e. The summed E-state index contributed by atoms with van der Waals surface area (Å²) in [6.45, 7) is 0. The molecular weight excluding hydrogens is 96.1 g/mol. The minimum atomic E-state index is 0.958. The van der Waals surface area contributed by atoms with Gasteiger partial charge < -0.3 is 0 Å². The first-order valence-electron chi connectivity index (χ1n) is 3.41. The maximum Gasteiger partial charge on any atom is 0.00164 e. The van der Waals surface area contributed by atoms with Gasteiger partial charge in [0.15, 0.2) is 0 Å². The molecule has 0 bridgehead atoms. The first-order valence-corrected chi connectivity index (χ1v) is 3.41. The quantitative estimate of drug-likeness (QED) is 0.450. The van der Waals surface area contributed by atoms with Gasteiger partial charge in [0.25, 0.3) is 0 Å². The SMILES string of the molecule is C1=CCC=1C1CCC1. The third kappa shape index (κ3) is 0.468. The molecule has 0 aromatic heterocycles. The fourth-order valence-electron chi connectivity index (χ4n) is 1.26. The van der Waals surface area contributed by atoms with Gasteiger partial charge in [0.05, 0.1) is 0 Å². The van der Waals surface area contributed by atoms with Gasteiger partial charge in [-0.05, 0) is 30.4 Å². The van der Waals surface area contributed by atoms with Crippen LogP contribution < -0.4 is 0 Å². The van der Waals surface area contributed by atoms with Crippen LogP contribution in [0.2, 0.25) is 0 Å². The predicted molar refractivity (Wildman–Crippen MR) is 33.6 cm³/mol. The van der Waals surface area contributed by atoms with E-state index in [9.17, 15) is 0 Å². The van der Waals surface area contributed by atoms with E-state index in [0.29, 0.717) is 0 Å². The van der Waals surface area contributed by atoms with Crippen molar-refractivity contribution in [1.82, 2.24) is 0 Å². The summed E-state index contributed by atoms with van der Waals surface area (Å²) >= 11 is 0. The van der Waals surface area contributed by atoms with Crippen molar-refractivity contribution in [1.29, 1.82) is 0 Å². The van der Waals surface area contributed by atoms with Gasteiger partial charge in [-0.15, -0.1) is 5.73 Å². The molecule has 2 aliphatic carbocycles. The summed E-state index contributed by atoms with van der Waals surface area (Å²) in [6, 6.07) is 0. The van der Waals surface area contributed by atoms with Gasteiger partial charge in [-0.25, -0.2) is 0 Å². The zero-order valence-corrected chi connectivity index (χ0v) is 4.98. The first-order chi connectivity index (χ1) is 3.97. The highest BCUT2D eigenvalue weighted by Crippen LogP contribution is 2.36. The molecule has 0 aliphatic heterocycles. The largest absolute Gasteiger partial charge is 0.125 e. The van der Waals surface area contributed by atoms with Crippen molar-refractivity contribution >= 4 is 0 Å². The van der Waals surface area contributed by atoms with Crippen molar-refractivity contribution in [3.8, 4) is 0 Å². The summed E-state index contributed by atoms with van der Waals surface area (Å²) in [5, 5.41) is 0. The van der Waals surface area contributed by atoms with Crippen molar-refractivity contribution in [3.05, 3.63) is 17.4 Å². The molecule has 0 aromatic rings. The van der Waals surface area contributed by atoms with E-state index in [2.05, 4.69) is 11.8 Å². The number of allylic oxidation sites excluding steroid dienone is 1. The Labute approximate surface area is 49.9 Å². The maximum atomic E-state index is 3.24. The molecule has 8 heavy (non-hydrogen) atoms. The third-order valence-electron chi connectivity index (χ3n) is 2.21. The van der Waals surface area contributed by atoms with E-state index in [1.165, 1.54) is 25.7 Å². The van der Waals surface area contributed by atoms with Gasteiger partial charge >= 0.3 is 0 Å². The van der Waals surface area contributed by atoms with Crippen LogP contribution in [0.4, 0.5) is 0 Å². The van der Waals surface area contributed by atoms with E-state index in [-0.39, 0.29) is 0 Å². The van der Waals surface area contributed by atoms with E-state index in [4.69, 9.17) is 0 Å². The zero-order valence-electron chi connectivity index (χ0n) is 4.98. The van der Waals surface area contributed by atoms with Gasteiger partial charge in [-0.1, -0.05) is 6.42 Å². The molecule has 42 valence electrons. The average molecular weight is 106 g/mol. The van der Waals surface area contributed by atoms with Crippen LogP contribution in [-0.4, -0.2) is 0 Å². The van der Waals surface area contributed by atoms with Gasteiger partial charge in [-0.2, -0.15) is 0 Å². The van der Waals surface area contributed by atoms with Crippen LogP contribution in [0.15, 0.2) is 17.4 Å². The summed E-state index contributed by atoms with van der Waals surface area (Å²) in [6.07, 6.45) is 7.71. The Bertz CT molecular complexity index is 155. The molecular formula is C8H10. The Morgan fingerprint density at radius 3 is 2.38 bits per heavy atom. The molecule has 0 atom stereocenters. The molecule has 2 rings (SSSR count). The molecule has 0 heteroatoms. The Morgan fingerprint density at radius 1 is 1.50 bits per heavy atom. The number of hydrogen-bond acceptors (Lipinski definition) is 0. The van der Waals surface area contributed by atoms with Crippen LogP contribution in [0.25, 0.3) is 0 Å². The van der Waals surface area contributed by atoms with Gasteiger partial charge in [0.2, 0.25) is 0 Å². The van der Waals surface area contributed by atoms with Gasteiger partial charge in [0.1, 0.15) is 0 Å². The van der Waals surface area contributed by atoms with Gasteiger partial charge in [-0.3, -0.25) is 0 Å². The number of rotatable bonds is 1. The standard InChI is InChI=1S/C8H10/c1-3-7(4-1)8-5-2-6-8/h1,8H,2-3,5-6H2. The maximum absolute atomic E-state index is 3.24. The lowest BCUT2D eigenvalue weighted by Gasteiger charge is -2.28. The summed E-state index contributed by atoms with van der Waals surface area (Å²) in [7, 11) is 0. The number of hydrogen-bond donors (Lipinski definition) is 0. The highest BCUT2D eigenvalue weighted by molar-refractivity contribution is 5.20. The Morgan fingerprint density at radius 2 is 2.25 bits per heavy atom. The van der Waals surface area contributed by atoms with Crippen molar-refractivity contribution in [2.45, 2.75) is 25.7 Å². The minimum absolute atomic E-state index is 0.958. The van der Waals surface area contributed by atoms with Crippen molar-refractivity contribution in [2.75, 3.05) is 0 Å². The molecule has 0 heterocycles.